The molecule has 1 amide bonds. The van der Waals surface area contributed by atoms with Crippen LogP contribution in [0.4, 0.5) is 10.1 Å². The summed E-state index contributed by atoms with van der Waals surface area (Å²) in [4.78, 5) is 17.7. The molecule has 3 aromatic carbocycles. The number of nitrogens with zero attached hydrogens (tertiary/aromatic N) is 4. The molecule has 2 aliphatic heterocycles. The third-order valence-corrected chi connectivity index (χ3v) is 6.94. The zero-order chi connectivity index (χ0) is 24.4. The van der Waals surface area contributed by atoms with Crippen LogP contribution >= 0.6 is 0 Å². The van der Waals surface area contributed by atoms with Crippen molar-refractivity contribution in [2.24, 2.45) is 5.10 Å². The highest BCUT2D eigenvalue weighted by molar-refractivity contribution is 6.03. The van der Waals surface area contributed by atoms with Crippen molar-refractivity contribution in [2.75, 3.05) is 37.6 Å². The first-order valence-corrected chi connectivity index (χ1v) is 12.2. The Bertz CT molecular complexity index is 1210. The van der Waals surface area contributed by atoms with E-state index in [1.807, 2.05) is 12.1 Å². The molecule has 0 aromatic heterocycles. The fourth-order valence-corrected chi connectivity index (χ4v) is 4.83. The Morgan fingerprint density at radius 3 is 2.17 bits per heavy atom. The molecule has 180 valence electrons. The van der Waals surface area contributed by atoms with Gasteiger partial charge in [0, 0.05) is 32.6 Å². The van der Waals surface area contributed by atoms with E-state index in [4.69, 9.17) is 5.10 Å². The van der Waals surface area contributed by atoms with Gasteiger partial charge in [0.15, 0.2) is 0 Å². The van der Waals surface area contributed by atoms with Gasteiger partial charge in [-0.15, -0.1) is 0 Å². The van der Waals surface area contributed by atoms with Gasteiger partial charge in [-0.25, -0.2) is 9.40 Å². The van der Waals surface area contributed by atoms with Crippen molar-refractivity contribution in [3.63, 3.8) is 0 Å². The Hall–Kier alpha value is -3.51. The average molecular weight is 471 g/mol. The number of para-hydroxylation sites is 1. The molecule has 35 heavy (non-hydrogen) atoms. The number of rotatable bonds is 5. The van der Waals surface area contributed by atoms with E-state index in [-0.39, 0.29) is 17.8 Å². The number of aryl methyl sites for hydroxylation is 2. The summed E-state index contributed by atoms with van der Waals surface area (Å²) in [6.45, 7) is 7.22. The van der Waals surface area contributed by atoms with Gasteiger partial charge in [-0.05, 0) is 37.1 Å². The van der Waals surface area contributed by atoms with E-state index in [0.717, 1.165) is 16.8 Å². The molecule has 0 spiro atoms. The third-order valence-electron chi connectivity index (χ3n) is 6.94. The standard InChI is InChI=1S/C29H31FN4O/c1-21-7-11-23(12-8-21)26-19-28(24-13-9-22(2)10-14-24)34(31-26)29(35)20-32-15-17-33(18-16-32)27-6-4-3-5-25(27)30/h3-14,28H,15-20H2,1-2H3/t28-/m1/s1. The maximum Gasteiger partial charge on any atom is 0.257 e. The van der Waals surface area contributed by atoms with Crippen LogP contribution in [0.1, 0.15) is 34.7 Å². The van der Waals surface area contributed by atoms with Crippen LogP contribution in [0.2, 0.25) is 0 Å². The third kappa shape index (κ3) is 5.13. The van der Waals surface area contributed by atoms with Gasteiger partial charge in [0.05, 0.1) is 24.0 Å². The van der Waals surface area contributed by atoms with E-state index in [9.17, 15) is 9.18 Å². The summed E-state index contributed by atoms with van der Waals surface area (Å²) in [6, 6.07) is 23.5. The summed E-state index contributed by atoms with van der Waals surface area (Å²) >= 11 is 0. The number of hydrogen-bond acceptors (Lipinski definition) is 4. The number of hydrazone groups is 1. The Kier molecular flexibility index (Phi) is 6.64. The minimum atomic E-state index is -0.201. The van der Waals surface area contributed by atoms with Crippen molar-refractivity contribution in [1.82, 2.24) is 9.91 Å². The Morgan fingerprint density at radius 2 is 1.51 bits per heavy atom. The molecule has 0 saturated carbocycles. The Balaban J connectivity index is 1.30. The van der Waals surface area contributed by atoms with Crippen molar-refractivity contribution >= 4 is 17.3 Å². The highest BCUT2D eigenvalue weighted by Gasteiger charge is 2.34. The smallest absolute Gasteiger partial charge is 0.257 e. The fraction of sp³-hybridized carbons (Fsp3) is 0.310. The van der Waals surface area contributed by atoms with Gasteiger partial charge >= 0.3 is 0 Å². The molecule has 2 aliphatic rings. The summed E-state index contributed by atoms with van der Waals surface area (Å²) in [6.07, 6.45) is 0.693. The van der Waals surface area contributed by atoms with Crippen molar-refractivity contribution in [1.29, 1.82) is 0 Å². The Labute approximate surface area is 206 Å². The number of amides is 1. The number of benzene rings is 3. The first kappa shape index (κ1) is 23.2. The molecular weight excluding hydrogens is 439 g/mol. The van der Waals surface area contributed by atoms with Crippen LogP contribution in [0.5, 0.6) is 0 Å². The molecule has 3 aromatic rings. The molecule has 0 radical (unpaired) electrons. The van der Waals surface area contributed by atoms with Gasteiger partial charge in [-0.1, -0.05) is 71.8 Å². The van der Waals surface area contributed by atoms with Crippen LogP contribution in [0.15, 0.2) is 77.9 Å². The van der Waals surface area contributed by atoms with E-state index < -0.39 is 0 Å². The van der Waals surface area contributed by atoms with Gasteiger partial charge in [-0.3, -0.25) is 9.69 Å². The summed E-state index contributed by atoms with van der Waals surface area (Å²) < 4.78 is 14.2. The largest absolute Gasteiger partial charge is 0.367 e. The van der Waals surface area contributed by atoms with Crippen molar-refractivity contribution in [3.05, 3.63) is 101 Å². The van der Waals surface area contributed by atoms with Crippen LogP contribution < -0.4 is 4.90 Å². The minimum Gasteiger partial charge on any atom is -0.367 e. The van der Waals surface area contributed by atoms with E-state index in [0.29, 0.717) is 44.8 Å². The minimum absolute atomic E-state index is 0.00275. The van der Waals surface area contributed by atoms with Crippen molar-refractivity contribution in [3.8, 4) is 0 Å². The first-order chi connectivity index (χ1) is 17.0. The van der Waals surface area contributed by atoms with E-state index >= 15 is 0 Å². The highest BCUT2D eigenvalue weighted by Crippen LogP contribution is 2.33. The lowest BCUT2D eigenvalue weighted by Crippen LogP contribution is -2.49. The quantitative estimate of drug-likeness (QED) is 0.530. The van der Waals surface area contributed by atoms with E-state index in [1.54, 1.807) is 11.1 Å². The molecule has 0 N–H and O–H groups in total. The number of carbonyl (C=O) groups excluding carboxylic acids is 1. The number of anilines is 1. The summed E-state index contributed by atoms with van der Waals surface area (Å²) in [7, 11) is 0. The van der Waals surface area contributed by atoms with Gasteiger partial charge in [0.1, 0.15) is 5.82 Å². The molecule has 0 unspecified atom stereocenters. The monoisotopic (exact) mass is 470 g/mol. The molecule has 5 nitrogen and oxygen atoms in total. The van der Waals surface area contributed by atoms with Crippen LogP contribution in [0.3, 0.4) is 0 Å². The lowest BCUT2D eigenvalue weighted by molar-refractivity contribution is -0.134. The number of hydrogen-bond donors (Lipinski definition) is 0. The zero-order valence-corrected chi connectivity index (χ0v) is 20.3. The van der Waals surface area contributed by atoms with Crippen LogP contribution in [0, 0.1) is 19.7 Å². The normalized spacial score (nSPS) is 18.6. The average Bonchev–Trinajstić information content (AvgIpc) is 3.31. The predicted molar refractivity (Wildman–Crippen MR) is 138 cm³/mol. The second-order valence-corrected chi connectivity index (χ2v) is 9.50. The lowest BCUT2D eigenvalue weighted by Gasteiger charge is -2.36. The Morgan fingerprint density at radius 1 is 0.886 bits per heavy atom. The van der Waals surface area contributed by atoms with E-state index in [1.165, 1.54) is 17.2 Å². The first-order valence-electron chi connectivity index (χ1n) is 12.2. The molecule has 6 heteroatoms. The van der Waals surface area contributed by atoms with Crippen molar-refractivity contribution in [2.45, 2.75) is 26.3 Å². The molecule has 0 bridgehead atoms. The molecular formula is C29H31FN4O. The van der Waals surface area contributed by atoms with E-state index in [2.05, 4.69) is 72.2 Å². The molecule has 5 rings (SSSR count). The number of carbonyl (C=O) groups is 1. The molecule has 0 aliphatic carbocycles. The molecule has 1 saturated heterocycles. The van der Waals surface area contributed by atoms with Crippen LogP contribution in [0.25, 0.3) is 0 Å². The fourth-order valence-electron chi connectivity index (χ4n) is 4.83. The van der Waals surface area contributed by atoms with Crippen LogP contribution in [-0.4, -0.2) is 54.3 Å². The number of piperazine rings is 1. The zero-order valence-electron chi connectivity index (χ0n) is 20.3. The molecule has 1 atom stereocenters. The topological polar surface area (TPSA) is 39.2 Å². The predicted octanol–water partition coefficient (Wildman–Crippen LogP) is 4.94. The summed E-state index contributed by atoms with van der Waals surface area (Å²) in [5.74, 6) is -0.204. The highest BCUT2D eigenvalue weighted by atomic mass is 19.1. The summed E-state index contributed by atoms with van der Waals surface area (Å²) in [5, 5.41) is 6.51. The van der Waals surface area contributed by atoms with Crippen LogP contribution in [-0.2, 0) is 4.79 Å². The summed E-state index contributed by atoms with van der Waals surface area (Å²) in [5.41, 5.74) is 6.11. The SMILES string of the molecule is Cc1ccc(C2=NN(C(=O)CN3CCN(c4ccccc4F)CC3)[C@@H](c3ccc(C)cc3)C2)cc1. The second kappa shape index (κ2) is 10.0. The second-order valence-electron chi connectivity index (χ2n) is 9.50. The van der Waals surface area contributed by atoms with Crippen molar-refractivity contribution < 1.29 is 9.18 Å². The molecule has 2 heterocycles. The van der Waals surface area contributed by atoms with Gasteiger partial charge < -0.3 is 4.90 Å². The van der Waals surface area contributed by atoms with Gasteiger partial charge in [-0.2, -0.15) is 5.10 Å². The molecule has 1 fully saturated rings. The van der Waals surface area contributed by atoms with Gasteiger partial charge in [0.2, 0.25) is 0 Å². The van der Waals surface area contributed by atoms with Gasteiger partial charge in [0.25, 0.3) is 5.91 Å². The maximum absolute atomic E-state index is 14.2. The number of halogens is 1. The maximum atomic E-state index is 14.2. The lowest BCUT2D eigenvalue weighted by atomic mass is 9.97.